The fraction of sp³-hybridized carbons (Fsp3) is 1.00. The van der Waals surface area contributed by atoms with Crippen molar-refractivity contribution in [2.45, 2.75) is 11.6 Å². The topological polar surface area (TPSA) is 9.72 Å². The molecule has 0 aromatic heterocycles. The maximum absolute atomic E-state index is 14.5. The Morgan fingerprint density at radius 3 is 1.19 bits per heavy atom. The first-order chi connectivity index (χ1) is 11.9. The van der Waals surface area contributed by atoms with Crippen molar-refractivity contribution in [1.82, 2.24) is 13.3 Å². The summed E-state index contributed by atoms with van der Waals surface area (Å²) >= 11 is 0.650. The Hall–Kier alpha value is 2.24. The summed E-state index contributed by atoms with van der Waals surface area (Å²) in [5, 5.41) is 0. The van der Waals surface area contributed by atoms with Gasteiger partial charge in [0.15, 0.2) is 9.04 Å². The fourth-order valence-corrected chi connectivity index (χ4v) is 14.3. The van der Waals surface area contributed by atoms with Gasteiger partial charge in [0.25, 0.3) is 0 Å². The van der Waals surface area contributed by atoms with Crippen LogP contribution in [0, 0.1) is 0 Å². The summed E-state index contributed by atoms with van der Waals surface area (Å²) in [5.41, 5.74) is 0. The average molecular weight is 636 g/mol. The van der Waals surface area contributed by atoms with Crippen LogP contribution in [0.3, 0.4) is 0 Å². The van der Waals surface area contributed by atoms with Gasteiger partial charge in [-0.05, 0) is 16.8 Å². The van der Waals surface area contributed by atoms with Crippen LogP contribution in [0.25, 0.3) is 0 Å². The van der Waals surface area contributed by atoms with Gasteiger partial charge in [0.05, 0.1) is 29.9 Å². The molecule has 1 atom stereocenters. The van der Waals surface area contributed by atoms with Gasteiger partial charge in [0, 0.05) is 32.2 Å². The van der Waals surface area contributed by atoms with Crippen LogP contribution in [0.1, 0.15) is 6.92 Å². The molecule has 0 aliphatic carbocycles. The molecule has 0 saturated carbocycles. The van der Waals surface area contributed by atoms with Gasteiger partial charge in [-0.1, -0.05) is 4.44 Å². The third-order valence-electron chi connectivity index (χ3n) is 3.27. The van der Waals surface area contributed by atoms with E-state index >= 15 is 0 Å². The van der Waals surface area contributed by atoms with Crippen molar-refractivity contribution in [1.29, 1.82) is 0 Å². The molecule has 22 heteroatoms. The van der Waals surface area contributed by atoms with Crippen LogP contribution >= 0.6 is 50.5 Å². The zero-order chi connectivity index (χ0) is 22.6. The van der Waals surface area contributed by atoms with Crippen LogP contribution in [0.15, 0.2) is 0 Å². The molecule has 1 unspecified atom stereocenters. The van der Waals surface area contributed by atoms with Crippen molar-refractivity contribution < 1.29 is 68.3 Å². The van der Waals surface area contributed by atoms with Crippen LogP contribution in [0.5, 0.6) is 0 Å². The summed E-state index contributed by atoms with van der Waals surface area (Å²) in [6.45, 7) is -0.387. The monoisotopic (exact) mass is 636 g/mol. The Labute approximate surface area is 165 Å². The number of halogens is 12. The molecule has 0 saturated heterocycles. The molecular formula is C5H17F12N3P6Rh+5. The summed E-state index contributed by atoms with van der Waals surface area (Å²) in [5.74, 6) is 0. The van der Waals surface area contributed by atoms with E-state index in [1.165, 1.54) is 0 Å². The Kier molecular flexibility index (Phi) is 13.7. The first kappa shape index (κ1) is 31.4. The van der Waals surface area contributed by atoms with E-state index < -0.39 is 68.5 Å². The Balaban J connectivity index is 0. The van der Waals surface area contributed by atoms with E-state index in [1.807, 2.05) is 0 Å². The quantitative estimate of drug-likeness (QED) is 0.143. The van der Waals surface area contributed by atoms with Crippen LogP contribution < -0.4 is 0 Å². The molecule has 3 nitrogen and oxygen atoms in total. The second-order valence-corrected chi connectivity index (χ2v) is 17.3. The molecule has 0 aromatic rings. The standard InChI is InChI=1S/C5H13F11N3P6.FH.Rh.2H/c1-5(23(11,12)17(2)20-6,24(13,14)18(3)21(7)8)25(15,16)19(4)22(9)10;;;;/h20H,1-4H3;1H;;;/q+3;;+1;;/p+1. The summed E-state index contributed by atoms with van der Waals surface area (Å²) < 4.78 is 152. The summed E-state index contributed by atoms with van der Waals surface area (Å²) in [4.78, 5) is 0. The molecule has 0 aliphatic rings. The first-order valence-electron chi connectivity index (χ1n) is 5.89. The van der Waals surface area contributed by atoms with Crippen LogP contribution in [0.4, 0.5) is 49.5 Å². The van der Waals surface area contributed by atoms with Crippen molar-refractivity contribution in [3.05, 3.63) is 0 Å². The van der Waals surface area contributed by atoms with E-state index in [-0.39, 0.29) is 28.1 Å². The second-order valence-electron chi connectivity index (χ2n) is 4.56. The van der Waals surface area contributed by atoms with Gasteiger partial charge in [-0.15, -0.1) is 0 Å². The zero-order valence-electron chi connectivity index (χ0n) is 13.6. The normalized spacial score (nSPS) is 14.9. The minimum absolute atomic E-state index is 0.0190. The van der Waals surface area contributed by atoms with Crippen molar-refractivity contribution in [2.24, 2.45) is 0 Å². The maximum atomic E-state index is 14.5. The predicted octanol–water partition coefficient (Wildman–Crippen LogP) is 8.72. The number of nitrogens with zero attached hydrogens (tertiary/aromatic N) is 3. The second kappa shape index (κ2) is 11.7. The summed E-state index contributed by atoms with van der Waals surface area (Å²) in [7, 11) is -33.5. The van der Waals surface area contributed by atoms with Crippen LogP contribution in [0.2, 0.25) is 0 Å². The van der Waals surface area contributed by atoms with Crippen LogP contribution in [-0.4, -0.2) is 39.1 Å². The Bertz CT molecular complexity index is 435. The molecule has 0 rings (SSSR count). The van der Waals surface area contributed by atoms with E-state index in [0.29, 0.717) is 18.8 Å². The van der Waals surface area contributed by atoms with E-state index in [4.69, 9.17) is 0 Å². The van der Waals surface area contributed by atoms with E-state index in [9.17, 15) is 49.5 Å². The molecule has 0 heterocycles. The van der Waals surface area contributed by atoms with E-state index in [0.717, 1.165) is 0 Å². The Morgan fingerprint density at radius 1 is 0.741 bits per heavy atom. The van der Waals surface area contributed by atoms with Crippen molar-refractivity contribution in [3.8, 4) is 0 Å². The molecule has 0 aromatic carbocycles. The van der Waals surface area contributed by atoms with E-state index in [2.05, 4.69) is 0 Å². The minimum atomic E-state index is -7.05. The molecule has 0 radical (unpaired) electrons. The van der Waals surface area contributed by atoms with Gasteiger partial charge in [-0.3, -0.25) is 0 Å². The Morgan fingerprint density at radius 2 is 1.00 bits per heavy atom. The van der Waals surface area contributed by atoms with Gasteiger partial charge >= 0.3 is 68.2 Å². The predicted molar refractivity (Wildman–Crippen MR) is 93.5 cm³/mol. The molecule has 0 aliphatic heterocycles. The zero-order valence-corrected chi connectivity index (χ0v) is 21.1. The van der Waals surface area contributed by atoms with Gasteiger partial charge in [-0.25, -0.2) is 4.20 Å². The van der Waals surface area contributed by atoms with Gasteiger partial charge < -0.3 is 0 Å². The van der Waals surface area contributed by atoms with Crippen molar-refractivity contribution >= 4 is 50.5 Å². The molecule has 0 bridgehead atoms. The molecular weight excluding hydrogens is 619 g/mol. The number of hydrogen-bond donors (Lipinski definition) is 0. The number of rotatable bonds is 9. The third-order valence-corrected chi connectivity index (χ3v) is 17.5. The molecule has 0 spiro atoms. The van der Waals surface area contributed by atoms with E-state index in [1.54, 1.807) is 0 Å². The number of hydrogen-bond acceptors (Lipinski definition) is 3. The van der Waals surface area contributed by atoms with Gasteiger partial charge in [-0.2, -0.15) is 0 Å². The first-order valence-corrected chi connectivity index (χ1v) is 14.4. The average Bonchev–Trinajstić information content (AvgIpc) is 2.59. The molecule has 170 valence electrons. The van der Waals surface area contributed by atoms with Gasteiger partial charge in [0.2, 0.25) is 0 Å². The molecule has 0 N–H and O–H groups in total. The van der Waals surface area contributed by atoms with Crippen molar-refractivity contribution in [2.75, 3.05) is 21.1 Å². The van der Waals surface area contributed by atoms with Crippen LogP contribution in [-0.2, 0) is 18.8 Å². The van der Waals surface area contributed by atoms with Crippen molar-refractivity contribution in [3.63, 3.8) is 0 Å². The van der Waals surface area contributed by atoms with Gasteiger partial charge in [0.1, 0.15) is 0 Å². The summed E-state index contributed by atoms with van der Waals surface area (Å²) in [6, 6.07) is 0. The molecule has 0 fully saturated rings. The third kappa shape index (κ3) is 5.94. The molecule has 0 amide bonds. The SMILES string of the molecule is CN(PF)[P+](F)(F)C(C)([P+](F)(F)N(C)[PH+](F)F)[P+](F)(F)N(C)[PH+](F)F.[F][RhH2]. The fourth-order valence-electron chi connectivity index (χ4n) is 1.52. The summed E-state index contributed by atoms with van der Waals surface area (Å²) in [6.07, 6.45) is 0. The molecule has 27 heavy (non-hydrogen) atoms.